The van der Waals surface area contributed by atoms with Gasteiger partial charge < -0.3 is 24.8 Å². The normalized spacial score (nSPS) is 25.1. The average molecular weight is 246 g/mol. The van der Waals surface area contributed by atoms with Gasteiger partial charge >= 0.3 is 6.09 Å². The second-order valence-electron chi connectivity index (χ2n) is 5.16. The molecule has 1 heterocycles. The molecule has 0 radical (unpaired) electrons. The van der Waals surface area contributed by atoms with Gasteiger partial charge in [0, 0.05) is 13.7 Å². The number of amides is 1. The average Bonchev–Trinajstić information content (AvgIpc) is 2.54. The molecule has 0 bridgehead atoms. The van der Waals surface area contributed by atoms with Gasteiger partial charge in [-0.15, -0.1) is 0 Å². The Morgan fingerprint density at radius 3 is 2.59 bits per heavy atom. The summed E-state index contributed by atoms with van der Waals surface area (Å²) in [6.07, 6.45) is -0.543. The zero-order chi connectivity index (χ0) is 13.1. The largest absolute Gasteiger partial charge is 0.444 e. The Kier molecular flexibility index (Phi) is 4.73. The maximum Gasteiger partial charge on any atom is 0.410 e. The molecule has 1 rings (SSSR count). The zero-order valence-electron chi connectivity index (χ0n) is 10.9. The summed E-state index contributed by atoms with van der Waals surface area (Å²) in [7, 11) is 1.55. The van der Waals surface area contributed by atoms with Crippen LogP contribution in [0.25, 0.3) is 0 Å². The fourth-order valence-corrected chi connectivity index (χ4v) is 1.61. The second kappa shape index (κ2) is 5.66. The molecule has 6 nitrogen and oxygen atoms in total. The van der Waals surface area contributed by atoms with Crippen LogP contribution in [0.2, 0.25) is 0 Å². The third-order valence-electron chi connectivity index (χ3n) is 2.36. The number of nitrogens with two attached hydrogens (primary N) is 1. The molecule has 0 spiro atoms. The fourth-order valence-electron chi connectivity index (χ4n) is 1.61. The molecule has 2 atom stereocenters. The highest BCUT2D eigenvalue weighted by Crippen LogP contribution is 2.16. The van der Waals surface area contributed by atoms with Crippen molar-refractivity contribution in [3.63, 3.8) is 0 Å². The first-order valence-electron chi connectivity index (χ1n) is 5.67. The summed E-state index contributed by atoms with van der Waals surface area (Å²) in [5.41, 5.74) is 5.39. The van der Waals surface area contributed by atoms with E-state index in [1.165, 1.54) is 0 Å². The molecule has 1 saturated heterocycles. The number of carbonyl (C=O) groups is 1. The molecule has 0 aromatic carbocycles. The van der Waals surface area contributed by atoms with E-state index < -0.39 is 5.60 Å². The third kappa shape index (κ3) is 4.49. The highest BCUT2D eigenvalue weighted by molar-refractivity contribution is 5.68. The van der Waals surface area contributed by atoms with Crippen molar-refractivity contribution in [3.8, 4) is 0 Å². The minimum absolute atomic E-state index is 0.181. The number of rotatable bonds is 3. The number of hydrogen-bond donors (Lipinski definition) is 1. The molecule has 1 amide bonds. The predicted octanol–water partition coefficient (Wildman–Crippen LogP) is 0.554. The van der Waals surface area contributed by atoms with E-state index in [2.05, 4.69) is 0 Å². The van der Waals surface area contributed by atoms with E-state index >= 15 is 0 Å². The number of nitrogens with zero attached hydrogens (tertiary/aromatic N) is 1. The van der Waals surface area contributed by atoms with Crippen molar-refractivity contribution < 1.29 is 19.0 Å². The molecule has 0 aromatic heterocycles. The highest BCUT2D eigenvalue weighted by Gasteiger charge is 2.35. The molecular formula is C11H22N2O4. The molecule has 1 aliphatic rings. The first-order valence-corrected chi connectivity index (χ1v) is 5.67. The molecule has 100 valence electrons. The minimum Gasteiger partial charge on any atom is -0.444 e. The maximum atomic E-state index is 11.8. The van der Waals surface area contributed by atoms with Crippen LogP contribution in [0.15, 0.2) is 0 Å². The molecule has 0 aromatic rings. The van der Waals surface area contributed by atoms with Gasteiger partial charge in [-0.05, 0) is 20.8 Å². The fraction of sp³-hybridized carbons (Fsp3) is 0.909. The number of likely N-dealkylation sites (tertiary alicyclic amines) is 1. The molecule has 1 aliphatic heterocycles. The Morgan fingerprint density at radius 1 is 1.41 bits per heavy atom. The quantitative estimate of drug-likeness (QED) is 0.736. The van der Waals surface area contributed by atoms with Gasteiger partial charge in [-0.1, -0.05) is 0 Å². The molecule has 2 N–H and O–H groups in total. The summed E-state index contributed by atoms with van der Waals surface area (Å²) in [6, 6.07) is -0.197. The summed E-state index contributed by atoms with van der Waals surface area (Å²) in [6.45, 7) is 6.57. The lowest BCUT2D eigenvalue weighted by Crippen LogP contribution is -2.37. The molecular weight excluding hydrogens is 224 g/mol. The summed E-state index contributed by atoms with van der Waals surface area (Å²) >= 11 is 0. The van der Waals surface area contributed by atoms with Crippen LogP contribution in [0.5, 0.6) is 0 Å². The maximum absolute atomic E-state index is 11.8. The molecule has 0 unspecified atom stereocenters. The SMILES string of the molecule is COCO[C@@H]1CN(C(=O)OC(C)(C)C)C[C@@H]1N. The van der Waals surface area contributed by atoms with Crippen molar-refractivity contribution in [2.45, 2.75) is 38.5 Å². The lowest BCUT2D eigenvalue weighted by Gasteiger charge is -2.24. The van der Waals surface area contributed by atoms with Crippen molar-refractivity contribution in [1.82, 2.24) is 4.90 Å². The van der Waals surface area contributed by atoms with Crippen LogP contribution in [0.3, 0.4) is 0 Å². The van der Waals surface area contributed by atoms with Gasteiger partial charge in [0.05, 0.1) is 18.7 Å². The first-order chi connectivity index (χ1) is 7.83. The van der Waals surface area contributed by atoms with Crippen molar-refractivity contribution in [2.75, 3.05) is 27.0 Å². The molecule has 6 heteroatoms. The van der Waals surface area contributed by atoms with E-state index in [9.17, 15) is 4.79 Å². The van der Waals surface area contributed by atoms with Crippen LogP contribution in [-0.2, 0) is 14.2 Å². The Balaban J connectivity index is 2.45. The van der Waals surface area contributed by atoms with Crippen molar-refractivity contribution in [1.29, 1.82) is 0 Å². The summed E-state index contributed by atoms with van der Waals surface area (Å²) < 4.78 is 15.5. The molecule has 0 saturated carbocycles. The summed E-state index contributed by atoms with van der Waals surface area (Å²) in [5.74, 6) is 0. The van der Waals surface area contributed by atoms with Gasteiger partial charge in [0.15, 0.2) is 0 Å². The van der Waals surface area contributed by atoms with Gasteiger partial charge in [0.1, 0.15) is 12.4 Å². The van der Waals surface area contributed by atoms with Crippen molar-refractivity contribution in [3.05, 3.63) is 0 Å². The van der Waals surface area contributed by atoms with E-state index in [1.54, 1.807) is 12.0 Å². The number of ether oxygens (including phenoxy) is 3. The van der Waals surface area contributed by atoms with Gasteiger partial charge in [-0.3, -0.25) is 0 Å². The zero-order valence-corrected chi connectivity index (χ0v) is 10.9. The van der Waals surface area contributed by atoms with Gasteiger partial charge in [0.2, 0.25) is 0 Å². The smallest absolute Gasteiger partial charge is 0.410 e. The monoisotopic (exact) mass is 246 g/mol. The van der Waals surface area contributed by atoms with Crippen molar-refractivity contribution >= 4 is 6.09 Å². The van der Waals surface area contributed by atoms with Crippen LogP contribution in [0, 0.1) is 0 Å². The number of carbonyl (C=O) groups excluding carboxylic acids is 1. The van der Waals surface area contributed by atoms with Crippen LogP contribution >= 0.6 is 0 Å². The minimum atomic E-state index is -0.493. The highest BCUT2D eigenvalue weighted by atomic mass is 16.7. The van der Waals surface area contributed by atoms with E-state index in [0.29, 0.717) is 13.1 Å². The first kappa shape index (κ1) is 14.2. The van der Waals surface area contributed by atoms with Crippen LogP contribution in [0.4, 0.5) is 4.79 Å². The Hall–Kier alpha value is -0.850. The lowest BCUT2D eigenvalue weighted by atomic mass is 10.2. The Labute approximate surface area is 102 Å². The van der Waals surface area contributed by atoms with E-state index in [-0.39, 0.29) is 25.0 Å². The van der Waals surface area contributed by atoms with Crippen LogP contribution in [-0.4, -0.2) is 55.7 Å². The second-order valence-corrected chi connectivity index (χ2v) is 5.16. The van der Waals surface area contributed by atoms with E-state index in [1.807, 2.05) is 20.8 Å². The summed E-state index contributed by atoms with van der Waals surface area (Å²) in [4.78, 5) is 13.4. The van der Waals surface area contributed by atoms with Crippen LogP contribution in [0.1, 0.15) is 20.8 Å². The Bertz CT molecular complexity index is 265. The Morgan fingerprint density at radius 2 is 2.06 bits per heavy atom. The van der Waals surface area contributed by atoms with E-state index in [4.69, 9.17) is 19.9 Å². The lowest BCUT2D eigenvalue weighted by molar-refractivity contribution is -0.0714. The predicted molar refractivity (Wildman–Crippen MR) is 62.5 cm³/mol. The standard InChI is InChI=1S/C11H22N2O4/c1-11(2,3)17-10(14)13-5-8(12)9(6-13)16-7-15-4/h8-9H,5-7,12H2,1-4H3/t8-,9+/m0/s1. The van der Waals surface area contributed by atoms with Crippen molar-refractivity contribution in [2.24, 2.45) is 5.73 Å². The molecule has 17 heavy (non-hydrogen) atoms. The topological polar surface area (TPSA) is 74.0 Å². The van der Waals surface area contributed by atoms with Crippen LogP contribution < -0.4 is 5.73 Å². The number of hydrogen-bond acceptors (Lipinski definition) is 5. The van der Waals surface area contributed by atoms with Gasteiger partial charge in [0.25, 0.3) is 0 Å². The van der Waals surface area contributed by atoms with Gasteiger partial charge in [-0.2, -0.15) is 0 Å². The van der Waals surface area contributed by atoms with Gasteiger partial charge in [-0.25, -0.2) is 4.79 Å². The molecule has 0 aliphatic carbocycles. The third-order valence-corrected chi connectivity index (χ3v) is 2.36. The molecule has 1 fully saturated rings. The number of methoxy groups -OCH3 is 1. The summed E-state index contributed by atoms with van der Waals surface area (Å²) in [5, 5.41) is 0. The van der Waals surface area contributed by atoms with E-state index in [0.717, 1.165) is 0 Å².